The molecule has 0 aromatic heterocycles. The Balaban J connectivity index is 1.94. The van der Waals surface area contributed by atoms with Crippen LogP contribution >= 0.6 is 11.6 Å². The van der Waals surface area contributed by atoms with Crippen molar-refractivity contribution in [1.29, 1.82) is 0 Å². The van der Waals surface area contributed by atoms with Crippen LogP contribution in [-0.2, 0) is 21.4 Å². The molecular formula is C22H16ClF2NO3S. The zero-order valence-electron chi connectivity index (χ0n) is 15.7. The number of halogens is 3. The molecule has 1 N–H and O–H groups in total. The molecule has 3 aromatic rings. The summed E-state index contributed by atoms with van der Waals surface area (Å²) in [5.74, 6) is 3.26. The Labute approximate surface area is 178 Å². The molecule has 0 fully saturated rings. The normalized spacial score (nSPS) is 10.9. The summed E-state index contributed by atoms with van der Waals surface area (Å²) < 4.78 is 61.5. The molecule has 0 unspecified atom stereocenters. The largest absolute Gasteiger partial charge is 0.380 e. The van der Waals surface area contributed by atoms with E-state index in [2.05, 4.69) is 11.8 Å². The first kappa shape index (κ1) is 21.8. The van der Waals surface area contributed by atoms with Gasteiger partial charge in [-0.2, -0.15) is 0 Å². The number of methoxy groups -OCH3 is 1. The third-order valence-electron chi connectivity index (χ3n) is 4.06. The van der Waals surface area contributed by atoms with E-state index < -0.39 is 27.3 Å². The lowest BCUT2D eigenvalue weighted by Crippen LogP contribution is -2.17. The molecule has 0 radical (unpaired) electrons. The first-order valence-corrected chi connectivity index (χ1v) is 10.5. The third-order valence-corrected chi connectivity index (χ3v) is 5.85. The summed E-state index contributed by atoms with van der Waals surface area (Å²) in [6.07, 6.45) is 0. The molecule has 0 saturated heterocycles. The Hall–Kier alpha value is -2.92. The second-order valence-electron chi connectivity index (χ2n) is 6.19. The Morgan fingerprint density at radius 2 is 1.60 bits per heavy atom. The number of anilines is 1. The monoisotopic (exact) mass is 447 g/mol. The summed E-state index contributed by atoms with van der Waals surface area (Å²) >= 11 is 6.05. The molecule has 30 heavy (non-hydrogen) atoms. The summed E-state index contributed by atoms with van der Waals surface area (Å²) in [6.45, 7) is -0.0884. The summed E-state index contributed by atoms with van der Waals surface area (Å²) in [6, 6.07) is 15.0. The number of rotatable bonds is 5. The van der Waals surface area contributed by atoms with Gasteiger partial charge in [0, 0.05) is 28.8 Å². The summed E-state index contributed by atoms with van der Waals surface area (Å²) in [7, 11) is -2.96. The zero-order valence-corrected chi connectivity index (χ0v) is 17.3. The molecule has 0 saturated carbocycles. The van der Waals surface area contributed by atoms with Crippen LogP contribution in [0, 0.1) is 23.5 Å². The number of sulfonamides is 1. The average Bonchev–Trinajstić information content (AvgIpc) is 2.71. The maximum Gasteiger partial charge on any atom is 0.262 e. The molecule has 154 valence electrons. The molecule has 0 spiro atoms. The van der Waals surface area contributed by atoms with Crippen molar-refractivity contribution in [3.63, 3.8) is 0 Å². The molecule has 0 aliphatic rings. The maximum atomic E-state index is 14.5. The van der Waals surface area contributed by atoms with Crippen LogP contribution in [0.1, 0.15) is 16.7 Å². The van der Waals surface area contributed by atoms with Gasteiger partial charge in [-0.3, -0.25) is 4.72 Å². The van der Waals surface area contributed by atoms with Gasteiger partial charge in [0.15, 0.2) is 11.6 Å². The van der Waals surface area contributed by atoms with Gasteiger partial charge in [-0.25, -0.2) is 17.2 Å². The predicted molar refractivity (Wildman–Crippen MR) is 112 cm³/mol. The standard InChI is InChI=1S/C22H16ClF2NO3S/c1-29-14-17-18(23)8-5-9-21(17)30(27,28)26-22-19(24)12-16(13-20(22)25)11-10-15-6-3-2-4-7-15/h2-9,12-13,26H,14H2,1H3. The molecule has 0 atom stereocenters. The molecule has 3 aromatic carbocycles. The first-order chi connectivity index (χ1) is 14.3. The van der Waals surface area contributed by atoms with Crippen LogP contribution < -0.4 is 4.72 Å². The predicted octanol–water partition coefficient (Wildman–Crippen LogP) is 4.97. The van der Waals surface area contributed by atoms with Gasteiger partial charge in [0.25, 0.3) is 10.0 Å². The average molecular weight is 448 g/mol. The molecule has 8 heteroatoms. The van der Waals surface area contributed by atoms with Crippen molar-refractivity contribution in [3.8, 4) is 11.8 Å². The van der Waals surface area contributed by atoms with E-state index in [4.69, 9.17) is 16.3 Å². The van der Waals surface area contributed by atoms with E-state index in [0.717, 1.165) is 12.1 Å². The molecule has 0 amide bonds. The molecular weight excluding hydrogens is 432 g/mol. The van der Waals surface area contributed by atoms with Gasteiger partial charge < -0.3 is 4.74 Å². The Morgan fingerprint density at radius 1 is 0.967 bits per heavy atom. The highest BCUT2D eigenvalue weighted by atomic mass is 35.5. The lowest BCUT2D eigenvalue weighted by molar-refractivity contribution is 0.183. The zero-order chi connectivity index (χ0) is 21.7. The second kappa shape index (κ2) is 9.26. The molecule has 4 nitrogen and oxygen atoms in total. The number of hydrogen-bond donors (Lipinski definition) is 1. The molecule has 0 heterocycles. The Bertz CT molecular complexity index is 1210. The van der Waals surface area contributed by atoms with Gasteiger partial charge in [-0.05, 0) is 36.4 Å². The number of hydrogen-bond acceptors (Lipinski definition) is 3. The highest BCUT2D eigenvalue weighted by Crippen LogP contribution is 2.28. The van der Waals surface area contributed by atoms with Crippen molar-refractivity contribution in [2.75, 3.05) is 11.8 Å². The van der Waals surface area contributed by atoms with E-state index in [1.807, 2.05) is 10.8 Å². The maximum absolute atomic E-state index is 14.5. The van der Waals surface area contributed by atoms with E-state index in [1.165, 1.54) is 25.3 Å². The fraction of sp³-hybridized carbons (Fsp3) is 0.0909. The molecule has 0 aliphatic carbocycles. The summed E-state index contributed by atoms with van der Waals surface area (Å²) in [5, 5.41) is 0.159. The highest BCUT2D eigenvalue weighted by molar-refractivity contribution is 7.92. The minimum atomic E-state index is -4.33. The SMILES string of the molecule is COCc1c(Cl)cccc1S(=O)(=O)Nc1c(F)cc(C#Cc2ccccc2)cc1F. The van der Waals surface area contributed by atoms with Crippen LogP contribution in [0.15, 0.2) is 65.6 Å². The fourth-order valence-corrected chi connectivity index (χ4v) is 4.28. The van der Waals surface area contributed by atoms with E-state index in [9.17, 15) is 17.2 Å². The van der Waals surface area contributed by atoms with Crippen LogP contribution in [0.2, 0.25) is 5.02 Å². The summed E-state index contributed by atoms with van der Waals surface area (Å²) in [5.41, 5.74) is 0.123. The topological polar surface area (TPSA) is 55.4 Å². The van der Waals surface area contributed by atoms with E-state index in [-0.39, 0.29) is 27.7 Å². The highest BCUT2D eigenvalue weighted by Gasteiger charge is 2.24. The Morgan fingerprint density at radius 3 is 2.23 bits per heavy atom. The lowest BCUT2D eigenvalue weighted by atomic mass is 10.1. The van der Waals surface area contributed by atoms with Gasteiger partial charge in [-0.15, -0.1) is 0 Å². The van der Waals surface area contributed by atoms with Crippen LogP contribution in [0.4, 0.5) is 14.5 Å². The lowest BCUT2D eigenvalue weighted by Gasteiger charge is -2.14. The van der Waals surface area contributed by atoms with Gasteiger partial charge in [-0.1, -0.05) is 47.7 Å². The minimum Gasteiger partial charge on any atom is -0.380 e. The van der Waals surface area contributed by atoms with E-state index in [0.29, 0.717) is 5.56 Å². The van der Waals surface area contributed by atoms with Crippen LogP contribution in [0.25, 0.3) is 0 Å². The Kier molecular flexibility index (Phi) is 6.73. The smallest absolute Gasteiger partial charge is 0.262 e. The van der Waals surface area contributed by atoms with Gasteiger partial charge in [0.2, 0.25) is 0 Å². The van der Waals surface area contributed by atoms with Gasteiger partial charge >= 0.3 is 0 Å². The van der Waals surface area contributed by atoms with Gasteiger partial charge in [0.1, 0.15) is 5.69 Å². The summed E-state index contributed by atoms with van der Waals surface area (Å²) in [4.78, 5) is -0.233. The molecule has 0 bridgehead atoms. The van der Waals surface area contributed by atoms with Crippen LogP contribution in [-0.4, -0.2) is 15.5 Å². The third kappa shape index (κ3) is 4.97. The van der Waals surface area contributed by atoms with Crippen molar-refractivity contribution in [1.82, 2.24) is 0 Å². The van der Waals surface area contributed by atoms with Crippen LogP contribution in [0.3, 0.4) is 0 Å². The molecule has 0 aliphatic heterocycles. The van der Waals surface area contributed by atoms with Gasteiger partial charge in [0.05, 0.1) is 11.5 Å². The second-order valence-corrected chi connectivity index (χ2v) is 8.24. The number of nitrogens with one attached hydrogen (secondary N) is 1. The van der Waals surface area contributed by atoms with Crippen molar-refractivity contribution in [2.45, 2.75) is 11.5 Å². The van der Waals surface area contributed by atoms with E-state index in [1.54, 1.807) is 24.3 Å². The number of benzene rings is 3. The minimum absolute atomic E-state index is 0.0691. The van der Waals surface area contributed by atoms with Crippen LogP contribution in [0.5, 0.6) is 0 Å². The van der Waals surface area contributed by atoms with Crippen molar-refractivity contribution < 1.29 is 21.9 Å². The van der Waals surface area contributed by atoms with Crippen molar-refractivity contribution >= 4 is 27.3 Å². The van der Waals surface area contributed by atoms with Crippen molar-refractivity contribution in [2.24, 2.45) is 0 Å². The first-order valence-electron chi connectivity index (χ1n) is 8.67. The molecule has 3 rings (SSSR count). The fourth-order valence-electron chi connectivity index (χ4n) is 2.67. The number of ether oxygens (including phenoxy) is 1. The quantitative estimate of drug-likeness (QED) is 0.562. The van der Waals surface area contributed by atoms with E-state index >= 15 is 0 Å². The van der Waals surface area contributed by atoms with Crippen molar-refractivity contribution in [3.05, 3.63) is 94.0 Å².